The number of rotatable bonds is 4. The molecule has 4 nitrogen and oxygen atoms in total. The molecule has 1 atom stereocenters. The number of hydrogen-bond acceptors (Lipinski definition) is 4. The first-order chi connectivity index (χ1) is 11.3. The zero-order chi connectivity index (χ0) is 17.4. The molecule has 0 radical (unpaired) electrons. The third-order valence-corrected chi connectivity index (χ3v) is 6.22. The Kier molecular flexibility index (Phi) is 4.22. The summed E-state index contributed by atoms with van der Waals surface area (Å²) in [6, 6.07) is 15.4. The van der Waals surface area contributed by atoms with Crippen molar-refractivity contribution in [3.63, 3.8) is 0 Å². The van der Waals surface area contributed by atoms with Crippen LogP contribution in [0.4, 0.5) is 0 Å². The van der Waals surface area contributed by atoms with Crippen LogP contribution in [0.25, 0.3) is 0 Å². The van der Waals surface area contributed by atoms with Gasteiger partial charge in [0.25, 0.3) is 0 Å². The van der Waals surface area contributed by atoms with E-state index in [9.17, 15) is 13.2 Å². The van der Waals surface area contributed by atoms with Crippen molar-refractivity contribution in [2.45, 2.75) is 30.8 Å². The van der Waals surface area contributed by atoms with Crippen molar-refractivity contribution in [3.8, 4) is 5.75 Å². The van der Waals surface area contributed by atoms with Crippen LogP contribution in [0, 0.1) is 5.92 Å². The molecule has 1 aliphatic rings. The van der Waals surface area contributed by atoms with Crippen LogP contribution in [0.5, 0.6) is 5.75 Å². The lowest BCUT2D eigenvalue weighted by Crippen LogP contribution is -2.46. The number of benzene rings is 2. The summed E-state index contributed by atoms with van der Waals surface area (Å²) in [6.07, 6.45) is 0.234. The van der Waals surface area contributed by atoms with Gasteiger partial charge in [-0.2, -0.15) is 0 Å². The number of carbonyl (C=O) groups is 1. The highest BCUT2D eigenvalue weighted by Gasteiger charge is 2.43. The van der Waals surface area contributed by atoms with E-state index in [0.29, 0.717) is 11.3 Å². The van der Waals surface area contributed by atoms with Crippen LogP contribution in [0.2, 0.25) is 0 Å². The molecular weight excluding hydrogens is 324 g/mol. The van der Waals surface area contributed by atoms with Gasteiger partial charge in [-0.05, 0) is 44.5 Å². The predicted octanol–water partition coefficient (Wildman–Crippen LogP) is 3.52. The minimum absolute atomic E-state index is 0.0508. The molecule has 0 fully saturated rings. The van der Waals surface area contributed by atoms with Crippen molar-refractivity contribution in [3.05, 3.63) is 60.2 Å². The van der Waals surface area contributed by atoms with Crippen molar-refractivity contribution in [1.82, 2.24) is 0 Å². The summed E-state index contributed by atoms with van der Waals surface area (Å²) in [6.45, 7) is 3.67. The van der Waals surface area contributed by atoms with E-state index in [1.165, 1.54) is 0 Å². The molecule has 0 aromatic heterocycles. The fraction of sp³-hybridized carbons (Fsp3) is 0.316. The molecule has 0 N–H and O–H groups in total. The molecule has 0 saturated carbocycles. The Morgan fingerprint density at radius 1 is 1.00 bits per heavy atom. The molecule has 0 spiro atoms. The summed E-state index contributed by atoms with van der Waals surface area (Å²) in [4.78, 5) is 13.1. The lowest BCUT2D eigenvalue weighted by atomic mass is 9.80. The van der Waals surface area contributed by atoms with E-state index in [1.807, 2.05) is 19.9 Å². The van der Waals surface area contributed by atoms with Crippen LogP contribution in [-0.2, 0) is 9.84 Å². The Morgan fingerprint density at radius 2 is 1.62 bits per heavy atom. The van der Waals surface area contributed by atoms with Crippen molar-refractivity contribution in [2.75, 3.05) is 5.75 Å². The van der Waals surface area contributed by atoms with Crippen molar-refractivity contribution in [1.29, 1.82) is 0 Å². The lowest BCUT2D eigenvalue weighted by Gasteiger charge is -2.38. The zero-order valence-electron chi connectivity index (χ0n) is 13.7. The van der Waals surface area contributed by atoms with E-state index < -0.39 is 21.4 Å². The van der Waals surface area contributed by atoms with E-state index in [4.69, 9.17) is 4.74 Å². The highest BCUT2D eigenvalue weighted by atomic mass is 32.2. The number of Topliss-reactive ketones (excluding diaryl/α,β-unsaturated/α-hetero) is 1. The van der Waals surface area contributed by atoms with Crippen LogP contribution in [0.1, 0.15) is 30.6 Å². The molecule has 2 aromatic carbocycles. The maximum atomic E-state index is 12.8. The molecule has 5 heteroatoms. The third-order valence-electron chi connectivity index (χ3n) is 4.46. The van der Waals surface area contributed by atoms with Gasteiger partial charge in [0.05, 0.1) is 22.1 Å². The Labute approximate surface area is 142 Å². The summed E-state index contributed by atoms with van der Waals surface area (Å²) in [5.74, 6) is -0.0618. The summed E-state index contributed by atoms with van der Waals surface area (Å²) >= 11 is 0. The fourth-order valence-corrected chi connectivity index (χ4v) is 4.47. The largest absolute Gasteiger partial charge is 0.486 e. The number of carbonyl (C=O) groups excluding carboxylic acids is 1. The molecule has 0 aliphatic carbocycles. The first-order valence-electron chi connectivity index (χ1n) is 7.91. The van der Waals surface area contributed by atoms with Crippen LogP contribution < -0.4 is 4.74 Å². The third kappa shape index (κ3) is 3.08. The lowest BCUT2D eigenvalue weighted by molar-refractivity contribution is 0.0253. The highest BCUT2D eigenvalue weighted by molar-refractivity contribution is 7.91. The first-order valence-corrected chi connectivity index (χ1v) is 9.56. The molecule has 126 valence electrons. The van der Waals surface area contributed by atoms with Crippen LogP contribution >= 0.6 is 0 Å². The van der Waals surface area contributed by atoms with Gasteiger partial charge in [-0.3, -0.25) is 4.79 Å². The second-order valence-electron chi connectivity index (χ2n) is 6.54. The maximum absolute atomic E-state index is 12.8. The fourth-order valence-electron chi connectivity index (χ4n) is 3.11. The smallest absolute Gasteiger partial charge is 0.178 e. The molecule has 3 rings (SSSR count). The van der Waals surface area contributed by atoms with Crippen LogP contribution in [-0.4, -0.2) is 25.6 Å². The van der Waals surface area contributed by atoms with Crippen molar-refractivity contribution < 1.29 is 17.9 Å². The van der Waals surface area contributed by atoms with Gasteiger partial charge in [-0.1, -0.05) is 30.3 Å². The number of ketones is 1. The summed E-state index contributed by atoms with van der Waals surface area (Å²) < 4.78 is 30.9. The van der Waals surface area contributed by atoms with E-state index in [0.717, 1.165) is 0 Å². The average molecular weight is 344 g/mol. The second-order valence-corrected chi connectivity index (χ2v) is 8.65. The minimum Gasteiger partial charge on any atom is -0.486 e. The monoisotopic (exact) mass is 344 g/mol. The number of para-hydroxylation sites is 1. The summed E-state index contributed by atoms with van der Waals surface area (Å²) in [5, 5.41) is 0. The van der Waals surface area contributed by atoms with Gasteiger partial charge in [0.1, 0.15) is 11.4 Å². The van der Waals surface area contributed by atoms with Gasteiger partial charge >= 0.3 is 0 Å². The molecule has 0 saturated heterocycles. The van der Waals surface area contributed by atoms with Gasteiger partial charge < -0.3 is 4.74 Å². The average Bonchev–Trinajstić information content (AvgIpc) is 2.54. The maximum Gasteiger partial charge on any atom is 0.178 e. The van der Waals surface area contributed by atoms with Crippen LogP contribution in [0.3, 0.4) is 0 Å². The van der Waals surface area contributed by atoms with E-state index in [1.54, 1.807) is 48.5 Å². The topological polar surface area (TPSA) is 60.4 Å². The summed E-state index contributed by atoms with van der Waals surface area (Å²) in [7, 11) is -3.42. The Bertz CT molecular complexity index is 854. The van der Waals surface area contributed by atoms with Gasteiger partial charge in [-0.15, -0.1) is 0 Å². The SMILES string of the molecule is CC1(C)Oc2ccccc2C(=O)C1CCS(=O)(=O)c1ccccc1. The molecular formula is C19H20O4S. The Morgan fingerprint density at radius 3 is 2.33 bits per heavy atom. The van der Waals surface area contributed by atoms with E-state index in [-0.39, 0.29) is 22.9 Å². The summed E-state index contributed by atoms with van der Waals surface area (Å²) in [5.41, 5.74) is -0.212. The molecule has 1 heterocycles. The highest BCUT2D eigenvalue weighted by Crippen LogP contribution is 2.38. The van der Waals surface area contributed by atoms with E-state index >= 15 is 0 Å². The van der Waals surface area contributed by atoms with E-state index in [2.05, 4.69) is 0 Å². The molecule has 0 bridgehead atoms. The van der Waals surface area contributed by atoms with Crippen LogP contribution in [0.15, 0.2) is 59.5 Å². The Balaban J connectivity index is 1.84. The van der Waals surface area contributed by atoms with Crippen molar-refractivity contribution in [2.24, 2.45) is 5.92 Å². The number of ether oxygens (including phenoxy) is 1. The normalized spacial score (nSPS) is 19.4. The first kappa shape index (κ1) is 16.7. The molecule has 1 aliphatic heterocycles. The number of sulfone groups is 1. The molecule has 24 heavy (non-hydrogen) atoms. The minimum atomic E-state index is -3.42. The number of hydrogen-bond donors (Lipinski definition) is 0. The van der Waals surface area contributed by atoms with Gasteiger partial charge in [0.15, 0.2) is 15.6 Å². The number of fused-ring (bicyclic) bond motifs is 1. The van der Waals surface area contributed by atoms with Gasteiger partial charge in [0, 0.05) is 0 Å². The predicted molar refractivity (Wildman–Crippen MR) is 92.1 cm³/mol. The zero-order valence-corrected chi connectivity index (χ0v) is 14.5. The molecule has 1 unspecified atom stereocenters. The Hall–Kier alpha value is -2.14. The standard InChI is InChI=1S/C19H20O4S/c1-19(2)16(18(20)15-10-6-7-11-17(15)23-19)12-13-24(21,22)14-8-4-3-5-9-14/h3-11,16H,12-13H2,1-2H3. The quantitative estimate of drug-likeness (QED) is 0.851. The molecule has 2 aromatic rings. The molecule has 0 amide bonds. The van der Waals surface area contributed by atoms with Gasteiger partial charge in [0.2, 0.25) is 0 Å². The second kappa shape index (κ2) is 6.06. The van der Waals surface area contributed by atoms with Crippen molar-refractivity contribution >= 4 is 15.6 Å². The van der Waals surface area contributed by atoms with Gasteiger partial charge in [-0.25, -0.2) is 8.42 Å².